The highest BCUT2D eigenvalue weighted by Gasteiger charge is 2.31. The fraction of sp³-hybridized carbons (Fsp3) is 0.227. The summed E-state index contributed by atoms with van der Waals surface area (Å²) in [5.74, 6) is -0.383. The zero-order valence-corrected chi connectivity index (χ0v) is 16.3. The predicted molar refractivity (Wildman–Crippen MR) is 107 cm³/mol. The molecule has 29 heavy (non-hydrogen) atoms. The summed E-state index contributed by atoms with van der Waals surface area (Å²) in [7, 11) is 1.36. The van der Waals surface area contributed by atoms with Gasteiger partial charge in [0, 0.05) is 11.1 Å². The first-order valence-electron chi connectivity index (χ1n) is 9.27. The number of carbonyl (C=O) groups is 2. The summed E-state index contributed by atoms with van der Waals surface area (Å²) in [4.78, 5) is 24.7. The van der Waals surface area contributed by atoms with Crippen molar-refractivity contribution in [2.24, 2.45) is 0 Å². The number of amides is 1. The Balaban J connectivity index is 1.77. The standard InChI is InChI=1S/C22H21N3O4/c1-14-6-3-4-9-17(14)20-18-12-24(22(27)28)13-19(18)23-25(20)11-15-7-5-8-16(10-15)21(26)29-2/h3-10H,11-13H2,1-2H3,(H,27,28). The molecule has 3 aromatic rings. The van der Waals surface area contributed by atoms with Crippen LogP contribution < -0.4 is 0 Å². The molecule has 7 heteroatoms. The van der Waals surface area contributed by atoms with Gasteiger partial charge in [0.25, 0.3) is 0 Å². The average Bonchev–Trinajstić information content (AvgIpc) is 3.26. The second kappa shape index (κ2) is 7.43. The van der Waals surface area contributed by atoms with Gasteiger partial charge in [-0.15, -0.1) is 0 Å². The Bertz CT molecular complexity index is 1100. The minimum atomic E-state index is -0.948. The predicted octanol–water partition coefficient (Wildman–Crippen LogP) is 3.69. The quantitative estimate of drug-likeness (QED) is 0.686. The van der Waals surface area contributed by atoms with E-state index in [4.69, 9.17) is 9.84 Å². The Morgan fingerprint density at radius 3 is 2.66 bits per heavy atom. The van der Waals surface area contributed by atoms with E-state index in [9.17, 15) is 14.7 Å². The molecule has 1 N–H and O–H groups in total. The highest BCUT2D eigenvalue weighted by Crippen LogP contribution is 2.34. The lowest BCUT2D eigenvalue weighted by atomic mass is 10.0. The molecule has 2 aromatic carbocycles. The summed E-state index contributed by atoms with van der Waals surface area (Å²) in [6.07, 6.45) is -0.948. The molecule has 4 rings (SSSR count). The second-order valence-corrected chi connectivity index (χ2v) is 7.08. The third-order valence-electron chi connectivity index (χ3n) is 5.17. The monoisotopic (exact) mass is 391 g/mol. The largest absolute Gasteiger partial charge is 0.465 e. The number of esters is 1. The van der Waals surface area contributed by atoms with Gasteiger partial charge >= 0.3 is 12.1 Å². The number of fused-ring (bicyclic) bond motifs is 1. The summed E-state index contributed by atoms with van der Waals surface area (Å²) < 4.78 is 6.72. The van der Waals surface area contributed by atoms with Gasteiger partial charge in [0.15, 0.2) is 0 Å². The zero-order valence-electron chi connectivity index (χ0n) is 16.3. The highest BCUT2D eigenvalue weighted by atomic mass is 16.5. The lowest BCUT2D eigenvalue weighted by Crippen LogP contribution is -2.24. The Morgan fingerprint density at radius 1 is 1.14 bits per heavy atom. The van der Waals surface area contributed by atoms with Gasteiger partial charge in [-0.3, -0.25) is 9.58 Å². The molecule has 1 aromatic heterocycles. The number of rotatable bonds is 4. The molecular formula is C22H21N3O4. The third kappa shape index (κ3) is 3.47. The summed E-state index contributed by atoms with van der Waals surface area (Å²) in [5, 5.41) is 14.1. The van der Waals surface area contributed by atoms with Crippen molar-refractivity contribution < 1.29 is 19.4 Å². The van der Waals surface area contributed by atoms with Crippen LogP contribution in [0, 0.1) is 6.92 Å². The molecule has 0 saturated carbocycles. The number of benzene rings is 2. The SMILES string of the molecule is COC(=O)c1cccc(Cn2nc3c(c2-c2ccccc2C)CN(C(=O)O)C3)c1. The van der Waals surface area contributed by atoms with E-state index >= 15 is 0 Å². The van der Waals surface area contributed by atoms with E-state index in [1.54, 1.807) is 12.1 Å². The van der Waals surface area contributed by atoms with Crippen LogP contribution in [0.5, 0.6) is 0 Å². The number of carboxylic acid groups (broad SMARTS) is 1. The first-order valence-corrected chi connectivity index (χ1v) is 9.27. The van der Waals surface area contributed by atoms with Crippen LogP contribution in [-0.2, 0) is 24.4 Å². The van der Waals surface area contributed by atoms with Crippen LogP contribution in [0.3, 0.4) is 0 Å². The molecule has 0 aliphatic carbocycles. The van der Waals surface area contributed by atoms with Gasteiger partial charge in [0.2, 0.25) is 0 Å². The smallest absolute Gasteiger partial charge is 0.407 e. The molecule has 0 spiro atoms. The lowest BCUT2D eigenvalue weighted by Gasteiger charge is -2.15. The maximum absolute atomic E-state index is 11.9. The van der Waals surface area contributed by atoms with E-state index in [1.807, 2.05) is 48.0 Å². The molecule has 0 unspecified atom stereocenters. The molecule has 0 saturated heterocycles. The first kappa shape index (κ1) is 18.7. The number of methoxy groups -OCH3 is 1. The van der Waals surface area contributed by atoms with Gasteiger partial charge in [0.05, 0.1) is 43.7 Å². The molecule has 1 aliphatic rings. The van der Waals surface area contributed by atoms with Gasteiger partial charge in [0.1, 0.15) is 0 Å². The molecule has 0 bridgehead atoms. The number of nitrogens with zero attached hydrogens (tertiary/aromatic N) is 3. The van der Waals surface area contributed by atoms with Crippen LogP contribution in [0.25, 0.3) is 11.3 Å². The Hall–Kier alpha value is -3.61. The van der Waals surface area contributed by atoms with Crippen molar-refractivity contribution >= 4 is 12.1 Å². The first-order chi connectivity index (χ1) is 14.0. The van der Waals surface area contributed by atoms with Crippen molar-refractivity contribution in [3.8, 4) is 11.3 Å². The minimum absolute atomic E-state index is 0.277. The van der Waals surface area contributed by atoms with Crippen molar-refractivity contribution in [1.82, 2.24) is 14.7 Å². The number of aromatic nitrogens is 2. The lowest BCUT2D eigenvalue weighted by molar-refractivity contribution is 0.0600. The van der Waals surface area contributed by atoms with Gasteiger partial charge in [-0.1, -0.05) is 36.4 Å². The number of aryl methyl sites for hydroxylation is 1. The number of hydrogen-bond donors (Lipinski definition) is 1. The molecular weight excluding hydrogens is 370 g/mol. The Morgan fingerprint density at radius 2 is 1.93 bits per heavy atom. The number of carbonyl (C=O) groups excluding carboxylic acids is 1. The van der Waals surface area contributed by atoms with E-state index in [1.165, 1.54) is 12.0 Å². The van der Waals surface area contributed by atoms with Crippen LogP contribution in [0.15, 0.2) is 48.5 Å². The topological polar surface area (TPSA) is 84.7 Å². The van der Waals surface area contributed by atoms with Gasteiger partial charge in [-0.2, -0.15) is 5.10 Å². The fourth-order valence-corrected chi connectivity index (χ4v) is 3.75. The highest BCUT2D eigenvalue weighted by molar-refractivity contribution is 5.89. The van der Waals surface area contributed by atoms with Gasteiger partial charge < -0.3 is 9.84 Å². The van der Waals surface area contributed by atoms with Crippen LogP contribution in [0.4, 0.5) is 4.79 Å². The number of hydrogen-bond acceptors (Lipinski definition) is 4. The molecule has 2 heterocycles. The Kier molecular flexibility index (Phi) is 4.80. The van der Waals surface area contributed by atoms with Crippen molar-refractivity contribution in [2.75, 3.05) is 7.11 Å². The van der Waals surface area contributed by atoms with Crippen LogP contribution in [0.2, 0.25) is 0 Å². The normalized spacial score (nSPS) is 12.7. The van der Waals surface area contributed by atoms with Crippen LogP contribution in [-0.4, -0.2) is 39.0 Å². The maximum atomic E-state index is 11.9. The van der Waals surface area contributed by atoms with E-state index in [0.29, 0.717) is 18.7 Å². The van der Waals surface area contributed by atoms with Gasteiger partial charge in [-0.05, 0) is 30.2 Å². The molecule has 148 valence electrons. The Labute approximate surface area is 168 Å². The summed E-state index contributed by atoms with van der Waals surface area (Å²) in [5.41, 5.74) is 6.15. The molecule has 0 atom stereocenters. The molecule has 0 fully saturated rings. The van der Waals surface area contributed by atoms with Crippen LogP contribution in [0.1, 0.15) is 32.7 Å². The third-order valence-corrected chi connectivity index (χ3v) is 5.17. The molecule has 7 nitrogen and oxygen atoms in total. The van der Waals surface area contributed by atoms with E-state index in [2.05, 4.69) is 0 Å². The number of ether oxygens (including phenoxy) is 1. The second-order valence-electron chi connectivity index (χ2n) is 7.08. The summed E-state index contributed by atoms with van der Waals surface area (Å²) in [6.45, 7) is 3.09. The summed E-state index contributed by atoms with van der Waals surface area (Å²) in [6, 6.07) is 15.3. The average molecular weight is 391 g/mol. The molecule has 1 amide bonds. The molecule has 1 aliphatic heterocycles. The van der Waals surface area contributed by atoms with E-state index in [-0.39, 0.29) is 12.5 Å². The maximum Gasteiger partial charge on any atom is 0.407 e. The molecule has 0 radical (unpaired) electrons. The fourth-order valence-electron chi connectivity index (χ4n) is 3.75. The van der Waals surface area contributed by atoms with Gasteiger partial charge in [-0.25, -0.2) is 9.59 Å². The van der Waals surface area contributed by atoms with E-state index in [0.717, 1.165) is 33.6 Å². The zero-order chi connectivity index (χ0) is 20.5. The van der Waals surface area contributed by atoms with Crippen molar-refractivity contribution in [3.05, 3.63) is 76.5 Å². The van der Waals surface area contributed by atoms with Crippen molar-refractivity contribution in [2.45, 2.75) is 26.6 Å². The minimum Gasteiger partial charge on any atom is -0.465 e. The summed E-state index contributed by atoms with van der Waals surface area (Å²) >= 11 is 0. The van der Waals surface area contributed by atoms with Crippen molar-refractivity contribution in [1.29, 1.82) is 0 Å². The van der Waals surface area contributed by atoms with Crippen molar-refractivity contribution in [3.63, 3.8) is 0 Å². The van der Waals surface area contributed by atoms with Crippen LogP contribution >= 0.6 is 0 Å². The van der Waals surface area contributed by atoms with E-state index < -0.39 is 6.09 Å².